The molecule has 0 spiro atoms. The number of ether oxygens (including phenoxy) is 2. The van der Waals surface area contributed by atoms with Crippen LogP contribution < -0.4 is 10.1 Å². The van der Waals surface area contributed by atoms with Gasteiger partial charge < -0.3 is 19.7 Å². The van der Waals surface area contributed by atoms with Crippen LogP contribution in [0.25, 0.3) is 0 Å². The molecule has 9 heteroatoms. The lowest BCUT2D eigenvalue weighted by Gasteiger charge is -2.31. The number of para-hydroxylation sites is 1. The summed E-state index contributed by atoms with van der Waals surface area (Å²) < 4.78 is 46.2. The second-order valence-corrected chi connectivity index (χ2v) is 5.50. The van der Waals surface area contributed by atoms with Crippen LogP contribution in [0.5, 0.6) is 5.75 Å². The molecule has 0 bridgehead atoms. The summed E-state index contributed by atoms with van der Waals surface area (Å²) in [5.74, 6) is -0.193. The van der Waals surface area contributed by atoms with Crippen molar-refractivity contribution >= 4 is 18.5 Å². The molecule has 1 aromatic carbocycles. The summed E-state index contributed by atoms with van der Waals surface area (Å²) >= 11 is 0. The maximum Gasteiger partial charge on any atom is 0.573 e. The van der Waals surface area contributed by atoms with Gasteiger partial charge in [0.25, 0.3) is 0 Å². The number of carbonyl (C=O) groups excluding carboxylic acids is 1. The van der Waals surface area contributed by atoms with Gasteiger partial charge in [0, 0.05) is 31.2 Å². The highest BCUT2D eigenvalue weighted by Gasteiger charge is 2.32. The lowest BCUT2D eigenvalue weighted by Crippen LogP contribution is -2.44. The first kappa shape index (κ1) is 21.4. The molecular weight excluding hydrogens is 361 g/mol. The van der Waals surface area contributed by atoms with Gasteiger partial charge in [0.1, 0.15) is 5.75 Å². The molecule has 142 valence electrons. The lowest BCUT2D eigenvalue weighted by atomic mass is 10.0. The van der Waals surface area contributed by atoms with Gasteiger partial charge in [-0.05, 0) is 25.8 Å². The standard InChI is InChI=1S/C16H21F3N2O3.ClH/c1-2-23-15(22)21-9-7-13(8-10-21)20-11-12-5-3-4-6-14(12)24-16(17,18)19;/h3-6,13,20H,2,7-11H2,1H3;1H. The molecule has 2 rings (SSSR count). The molecule has 1 aromatic rings. The van der Waals surface area contributed by atoms with Gasteiger partial charge in [-0.25, -0.2) is 4.79 Å². The van der Waals surface area contributed by atoms with Crippen molar-refractivity contribution in [3.8, 4) is 5.75 Å². The van der Waals surface area contributed by atoms with E-state index in [4.69, 9.17) is 4.74 Å². The molecule has 1 fully saturated rings. The highest BCUT2D eigenvalue weighted by molar-refractivity contribution is 5.85. The Morgan fingerprint density at radius 2 is 1.92 bits per heavy atom. The predicted molar refractivity (Wildman–Crippen MR) is 88.8 cm³/mol. The minimum absolute atomic E-state index is 0. The summed E-state index contributed by atoms with van der Waals surface area (Å²) in [6.07, 6.45) is -3.58. The zero-order valence-electron chi connectivity index (χ0n) is 13.8. The lowest BCUT2D eigenvalue weighted by molar-refractivity contribution is -0.274. The third-order valence-electron chi connectivity index (χ3n) is 3.80. The number of hydrogen-bond donors (Lipinski definition) is 1. The first-order valence-corrected chi connectivity index (χ1v) is 7.87. The van der Waals surface area contributed by atoms with Gasteiger partial charge in [-0.2, -0.15) is 0 Å². The molecule has 0 unspecified atom stereocenters. The van der Waals surface area contributed by atoms with Crippen molar-refractivity contribution in [1.29, 1.82) is 0 Å². The van der Waals surface area contributed by atoms with Crippen molar-refractivity contribution in [2.24, 2.45) is 0 Å². The molecule has 5 nitrogen and oxygen atoms in total. The summed E-state index contributed by atoms with van der Waals surface area (Å²) in [4.78, 5) is 13.3. The summed E-state index contributed by atoms with van der Waals surface area (Å²) in [5.41, 5.74) is 0.447. The molecule has 0 saturated carbocycles. The Balaban J connectivity index is 0.00000312. The van der Waals surface area contributed by atoms with E-state index in [2.05, 4.69) is 10.1 Å². The van der Waals surface area contributed by atoms with Crippen molar-refractivity contribution in [3.63, 3.8) is 0 Å². The number of halogens is 4. The molecular formula is C16H22ClF3N2O3. The summed E-state index contributed by atoms with van der Waals surface area (Å²) in [7, 11) is 0. The number of piperidine rings is 1. The average Bonchev–Trinajstić information content (AvgIpc) is 2.53. The fraction of sp³-hybridized carbons (Fsp3) is 0.562. The van der Waals surface area contributed by atoms with E-state index in [-0.39, 0.29) is 36.8 Å². The number of benzene rings is 1. The fourth-order valence-electron chi connectivity index (χ4n) is 2.61. The second-order valence-electron chi connectivity index (χ2n) is 5.50. The summed E-state index contributed by atoms with van der Waals surface area (Å²) in [5, 5.41) is 3.23. The van der Waals surface area contributed by atoms with Crippen molar-refractivity contribution in [2.45, 2.75) is 38.7 Å². The van der Waals surface area contributed by atoms with Gasteiger partial charge in [-0.3, -0.25) is 0 Å². The average molecular weight is 383 g/mol. The van der Waals surface area contributed by atoms with Crippen LogP contribution in [0.4, 0.5) is 18.0 Å². The van der Waals surface area contributed by atoms with E-state index < -0.39 is 6.36 Å². The van der Waals surface area contributed by atoms with Gasteiger partial charge in [0.05, 0.1) is 6.61 Å². The highest BCUT2D eigenvalue weighted by atomic mass is 35.5. The van der Waals surface area contributed by atoms with Gasteiger partial charge in [-0.1, -0.05) is 18.2 Å². The Morgan fingerprint density at radius 1 is 1.28 bits per heavy atom. The van der Waals surface area contributed by atoms with Gasteiger partial charge in [0.2, 0.25) is 0 Å². The molecule has 1 N–H and O–H groups in total. The molecule has 0 atom stereocenters. The molecule has 0 aliphatic carbocycles. The molecule has 1 aliphatic heterocycles. The zero-order chi connectivity index (χ0) is 17.6. The van der Waals surface area contributed by atoms with Crippen molar-refractivity contribution in [2.75, 3.05) is 19.7 Å². The van der Waals surface area contributed by atoms with Gasteiger partial charge in [-0.15, -0.1) is 25.6 Å². The first-order valence-electron chi connectivity index (χ1n) is 7.87. The molecule has 0 radical (unpaired) electrons. The van der Waals surface area contributed by atoms with Crippen LogP contribution in [0.1, 0.15) is 25.3 Å². The quantitative estimate of drug-likeness (QED) is 0.843. The first-order chi connectivity index (χ1) is 11.4. The monoisotopic (exact) mass is 382 g/mol. The van der Waals surface area contributed by atoms with Crippen LogP contribution >= 0.6 is 12.4 Å². The number of amides is 1. The number of likely N-dealkylation sites (tertiary alicyclic amines) is 1. The minimum Gasteiger partial charge on any atom is -0.450 e. The van der Waals surface area contributed by atoms with Crippen molar-refractivity contribution in [1.82, 2.24) is 10.2 Å². The van der Waals surface area contributed by atoms with E-state index in [1.807, 2.05) is 0 Å². The van der Waals surface area contributed by atoms with E-state index >= 15 is 0 Å². The fourth-order valence-corrected chi connectivity index (χ4v) is 2.61. The molecule has 1 amide bonds. The van der Waals surface area contributed by atoms with Crippen LogP contribution in [-0.4, -0.2) is 43.1 Å². The Kier molecular flexibility index (Phi) is 8.31. The van der Waals surface area contributed by atoms with Crippen LogP contribution in [0.3, 0.4) is 0 Å². The van der Waals surface area contributed by atoms with Gasteiger partial charge >= 0.3 is 12.5 Å². The maximum absolute atomic E-state index is 12.4. The minimum atomic E-state index is -4.71. The predicted octanol–water partition coefficient (Wildman–Crippen LogP) is 3.72. The molecule has 0 aromatic heterocycles. The molecule has 1 aliphatic rings. The van der Waals surface area contributed by atoms with E-state index in [0.29, 0.717) is 25.3 Å². The topological polar surface area (TPSA) is 50.8 Å². The van der Waals surface area contributed by atoms with E-state index in [9.17, 15) is 18.0 Å². The third kappa shape index (κ3) is 6.99. The number of rotatable bonds is 5. The smallest absolute Gasteiger partial charge is 0.450 e. The molecule has 1 heterocycles. The van der Waals surface area contributed by atoms with Crippen LogP contribution in [0, 0.1) is 0 Å². The van der Waals surface area contributed by atoms with Gasteiger partial charge in [0.15, 0.2) is 0 Å². The SMILES string of the molecule is CCOC(=O)N1CCC(NCc2ccccc2OC(F)(F)F)CC1.Cl. The normalized spacial score (nSPS) is 15.4. The van der Waals surface area contributed by atoms with Crippen LogP contribution in [-0.2, 0) is 11.3 Å². The highest BCUT2D eigenvalue weighted by Crippen LogP contribution is 2.26. The summed E-state index contributed by atoms with van der Waals surface area (Å²) in [6.45, 7) is 3.50. The molecule has 1 saturated heterocycles. The number of alkyl halides is 3. The van der Waals surface area contributed by atoms with E-state index in [0.717, 1.165) is 12.8 Å². The van der Waals surface area contributed by atoms with E-state index in [1.54, 1.807) is 24.0 Å². The largest absolute Gasteiger partial charge is 0.573 e. The van der Waals surface area contributed by atoms with Crippen LogP contribution in [0.2, 0.25) is 0 Å². The maximum atomic E-state index is 12.4. The number of carbonyl (C=O) groups is 1. The summed E-state index contributed by atoms with van der Waals surface area (Å²) in [6, 6.07) is 6.21. The second kappa shape index (κ2) is 9.72. The van der Waals surface area contributed by atoms with Crippen molar-refractivity contribution in [3.05, 3.63) is 29.8 Å². The van der Waals surface area contributed by atoms with E-state index in [1.165, 1.54) is 12.1 Å². The van der Waals surface area contributed by atoms with Crippen LogP contribution in [0.15, 0.2) is 24.3 Å². The Morgan fingerprint density at radius 3 is 2.52 bits per heavy atom. The Labute approximate surface area is 150 Å². The number of nitrogens with one attached hydrogen (secondary N) is 1. The zero-order valence-corrected chi connectivity index (χ0v) is 14.7. The Hall–Kier alpha value is -1.67. The van der Waals surface area contributed by atoms with Crippen molar-refractivity contribution < 1.29 is 27.4 Å². The Bertz CT molecular complexity index is 550. The number of hydrogen-bond acceptors (Lipinski definition) is 4. The third-order valence-corrected chi connectivity index (χ3v) is 3.80. The number of nitrogens with zero attached hydrogens (tertiary/aromatic N) is 1. The molecule has 25 heavy (non-hydrogen) atoms.